The van der Waals surface area contributed by atoms with Crippen molar-refractivity contribution in [2.24, 2.45) is 0 Å². The number of benzene rings is 1. The number of hydrogen-bond donors (Lipinski definition) is 3. The van der Waals surface area contributed by atoms with E-state index in [2.05, 4.69) is 15.9 Å². The Bertz CT molecular complexity index is 328. The first-order valence-corrected chi connectivity index (χ1v) is 5.58. The quantitative estimate of drug-likeness (QED) is 0.781. The molecule has 0 fully saturated rings. The summed E-state index contributed by atoms with van der Waals surface area (Å²) in [6, 6.07) is 5.52. The zero-order valence-electron chi connectivity index (χ0n) is 8.52. The number of halogens is 1. The second kappa shape index (κ2) is 5.61. The van der Waals surface area contributed by atoms with Gasteiger partial charge in [-0.2, -0.15) is 0 Å². The summed E-state index contributed by atoms with van der Waals surface area (Å²) in [6.45, 7) is 1.81. The molecule has 0 aromatic heterocycles. The molecular weight excluding hydrogens is 260 g/mol. The molecule has 0 aliphatic heterocycles. The third-order valence-corrected chi connectivity index (χ3v) is 2.95. The minimum Gasteiger partial charge on any atom is -0.396 e. The van der Waals surface area contributed by atoms with Crippen LogP contribution >= 0.6 is 15.9 Å². The highest BCUT2D eigenvalue weighted by atomic mass is 79.9. The van der Waals surface area contributed by atoms with Crippen molar-refractivity contribution in [3.63, 3.8) is 0 Å². The van der Waals surface area contributed by atoms with Crippen LogP contribution in [0, 0.1) is 6.92 Å². The van der Waals surface area contributed by atoms with E-state index in [-0.39, 0.29) is 13.0 Å². The molecule has 1 rings (SSSR count). The maximum Gasteiger partial charge on any atom is 0.106 e. The fraction of sp³-hybridized carbons (Fsp3) is 0.455. The number of aliphatic hydroxyl groups is 3. The molecule has 0 aliphatic rings. The summed E-state index contributed by atoms with van der Waals surface area (Å²) in [7, 11) is 0. The molecule has 0 saturated heterocycles. The molecule has 84 valence electrons. The first kappa shape index (κ1) is 12.6. The van der Waals surface area contributed by atoms with E-state index in [9.17, 15) is 10.2 Å². The molecule has 4 heteroatoms. The van der Waals surface area contributed by atoms with Crippen LogP contribution in [0.4, 0.5) is 0 Å². The lowest BCUT2D eigenvalue weighted by Crippen LogP contribution is -2.19. The standard InChI is InChI=1S/C11H15BrO3/c1-7-2-3-8(9(12)6-7)11(15)10(14)4-5-13/h2-3,6,10-11,13-15H,4-5H2,1H3. The molecule has 0 bridgehead atoms. The van der Waals surface area contributed by atoms with Crippen LogP contribution in [0.3, 0.4) is 0 Å². The molecular formula is C11H15BrO3. The van der Waals surface area contributed by atoms with E-state index in [1.54, 1.807) is 6.07 Å². The predicted molar refractivity (Wildman–Crippen MR) is 61.5 cm³/mol. The zero-order chi connectivity index (χ0) is 11.4. The van der Waals surface area contributed by atoms with Gasteiger partial charge in [0.15, 0.2) is 0 Å². The smallest absolute Gasteiger partial charge is 0.106 e. The molecule has 1 aromatic carbocycles. The van der Waals surface area contributed by atoms with Crippen molar-refractivity contribution >= 4 is 15.9 Å². The molecule has 0 heterocycles. The minimum atomic E-state index is -0.966. The van der Waals surface area contributed by atoms with E-state index in [0.717, 1.165) is 10.0 Å². The van der Waals surface area contributed by atoms with Gasteiger partial charge in [-0.25, -0.2) is 0 Å². The molecule has 15 heavy (non-hydrogen) atoms. The largest absolute Gasteiger partial charge is 0.396 e. The summed E-state index contributed by atoms with van der Waals surface area (Å²) in [5, 5.41) is 28.0. The first-order chi connectivity index (χ1) is 7.06. The maximum atomic E-state index is 9.80. The van der Waals surface area contributed by atoms with Gasteiger partial charge in [0.1, 0.15) is 6.10 Å². The Morgan fingerprint density at radius 2 is 2.00 bits per heavy atom. The van der Waals surface area contributed by atoms with E-state index in [0.29, 0.717) is 5.56 Å². The topological polar surface area (TPSA) is 60.7 Å². The minimum absolute atomic E-state index is 0.137. The van der Waals surface area contributed by atoms with Gasteiger partial charge < -0.3 is 15.3 Å². The van der Waals surface area contributed by atoms with Gasteiger partial charge in [-0.3, -0.25) is 0 Å². The molecule has 0 spiro atoms. The normalized spacial score (nSPS) is 15.0. The Labute approximate surface area is 97.5 Å². The van der Waals surface area contributed by atoms with Crippen molar-refractivity contribution in [3.05, 3.63) is 33.8 Å². The van der Waals surface area contributed by atoms with Crippen molar-refractivity contribution in [3.8, 4) is 0 Å². The van der Waals surface area contributed by atoms with Gasteiger partial charge in [-0.05, 0) is 30.5 Å². The van der Waals surface area contributed by atoms with E-state index >= 15 is 0 Å². The van der Waals surface area contributed by atoms with Crippen molar-refractivity contribution in [1.82, 2.24) is 0 Å². The van der Waals surface area contributed by atoms with Crippen LogP contribution in [0.25, 0.3) is 0 Å². The molecule has 2 atom stereocenters. The maximum absolute atomic E-state index is 9.80. The van der Waals surface area contributed by atoms with Gasteiger partial charge in [0.25, 0.3) is 0 Å². The van der Waals surface area contributed by atoms with Crippen LogP contribution in [0.15, 0.2) is 22.7 Å². The summed E-state index contributed by atoms with van der Waals surface area (Å²) in [6.07, 6.45) is -1.73. The third kappa shape index (κ3) is 3.28. The van der Waals surface area contributed by atoms with Crippen molar-refractivity contribution < 1.29 is 15.3 Å². The summed E-state index contributed by atoms with van der Waals surface area (Å²) < 4.78 is 0.770. The number of rotatable bonds is 4. The fourth-order valence-corrected chi connectivity index (χ4v) is 2.10. The lowest BCUT2D eigenvalue weighted by molar-refractivity contribution is 0.00383. The fourth-order valence-electron chi connectivity index (χ4n) is 1.37. The average molecular weight is 275 g/mol. The van der Waals surface area contributed by atoms with Crippen LogP contribution < -0.4 is 0 Å². The van der Waals surface area contributed by atoms with Crippen LogP contribution in [-0.4, -0.2) is 28.0 Å². The van der Waals surface area contributed by atoms with Gasteiger partial charge in [0.05, 0.1) is 6.10 Å². The van der Waals surface area contributed by atoms with Gasteiger partial charge in [-0.15, -0.1) is 0 Å². The molecule has 1 aromatic rings. The van der Waals surface area contributed by atoms with Gasteiger partial charge in [-0.1, -0.05) is 28.1 Å². The lowest BCUT2D eigenvalue weighted by atomic mass is 10.0. The third-order valence-electron chi connectivity index (χ3n) is 2.26. The zero-order valence-corrected chi connectivity index (χ0v) is 10.1. The highest BCUT2D eigenvalue weighted by Crippen LogP contribution is 2.27. The number of aryl methyl sites for hydroxylation is 1. The monoisotopic (exact) mass is 274 g/mol. The molecule has 0 saturated carbocycles. The van der Waals surface area contributed by atoms with Crippen molar-refractivity contribution in [2.45, 2.75) is 25.6 Å². The second-order valence-electron chi connectivity index (χ2n) is 3.55. The van der Waals surface area contributed by atoms with Gasteiger partial charge >= 0.3 is 0 Å². The van der Waals surface area contributed by atoms with Crippen LogP contribution in [-0.2, 0) is 0 Å². The van der Waals surface area contributed by atoms with E-state index in [4.69, 9.17) is 5.11 Å². The SMILES string of the molecule is Cc1ccc(C(O)C(O)CCO)c(Br)c1. The van der Waals surface area contributed by atoms with Crippen molar-refractivity contribution in [2.75, 3.05) is 6.61 Å². The second-order valence-corrected chi connectivity index (χ2v) is 4.40. The number of hydrogen-bond acceptors (Lipinski definition) is 3. The molecule has 0 aliphatic carbocycles. The van der Waals surface area contributed by atoms with E-state index < -0.39 is 12.2 Å². The Morgan fingerprint density at radius 1 is 1.33 bits per heavy atom. The molecule has 3 N–H and O–H groups in total. The van der Waals surface area contributed by atoms with Crippen LogP contribution in [0.2, 0.25) is 0 Å². The van der Waals surface area contributed by atoms with Crippen LogP contribution in [0.5, 0.6) is 0 Å². The summed E-state index contributed by atoms with van der Waals surface area (Å²) >= 11 is 3.33. The Hall–Kier alpha value is -0.420. The highest BCUT2D eigenvalue weighted by Gasteiger charge is 2.19. The Morgan fingerprint density at radius 3 is 2.53 bits per heavy atom. The first-order valence-electron chi connectivity index (χ1n) is 4.79. The number of aliphatic hydroxyl groups excluding tert-OH is 3. The average Bonchev–Trinajstić information content (AvgIpc) is 2.17. The van der Waals surface area contributed by atoms with Crippen molar-refractivity contribution in [1.29, 1.82) is 0 Å². The highest BCUT2D eigenvalue weighted by molar-refractivity contribution is 9.10. The van der Waals surface area contributed by atoms with E-state index in [1.807, 2.05) is 19.1 Å². The van der Waals surface area contributed by atoms with Gasteiger partial charge in [0.2, 0.25) is 0 Å². The molecule has 2 unspecified atom stereocenters. The van der Waals surface area contributed by atoms with Crippen LogP contribution in [0.1, 0.15) is 23.7 Å². The summed E-state index contributed by atoms with van der Waals surface area (Å²) in [5.74, 6) is 0. The van der Waals surface area contributed by atoms with E-state index in [1.165, 1.54) is 0 Å². The molecule has 3 nitrogen and oxygen atoms in total. The molecule has 0 amide bonds. The molecule has 0 radical (unpaired) electrons. The predicted octanol–water partition coefficient (Wildman–Crippen LogP) is 1.53. The van der Waals surface area contributed by atoms with Gasteiger partial charge in [0, 0.05) is 11.1 Å². The Kier molecular flexibility index (Phi) is 4.73. The lowest BCUT2D eigenvalue weighted by Gasteiger charge is -2.18. The summed E-state index contributed by atoms with van der Waals surface area (Å²) in [5.41, 5.74) is 1.72. The summed E-state index contributed by atoms with van der Waals surface area (Å²) in [4.78, 5) is 0. The Balaban J connectivity index is 2.86.